The molecule has 4 aromatic heterocycles. The van der Waals surface area contributed by atoms with E-state index in [2.05, 4.69) is 31.0 Å². The number of rotatable bonds is 4. The van der Waals surface area contributed by atoms with Crippen molar-refractivity contribution in [1.29, 1.82) is 0 Å². The van der Waals surface area contributed by atoms with Crippen molar-refractivity contribution in [3.05, 3.63) is 23.1 Å². The van der Waals surface area contributed by atoms with Gasteiger partial charge in [0.25, 0.3) is 0 Å². The molecule has 1 aliphatic rings. The Labute approximate surface area is 166 Å². The monoisotopic (exact) mass is 397 g/mol. The van der Waals surface area contributed by atoms with Crippen LogP contribution in [0.5, 0.6) is 0 Å². The molecule has 27 heavy (non-hydrogen) atoms. The van der Waals surface area contributed by atoms with Crippen LogP contribution in [0.3, 0.4) is 0 Å². The molecule has 0 radical (unpaired) electrons. The minimum Gasteiger partial charge on any atom is -0.259 e. The normalized spacial score (nSPS) is 14.7. The average Bonchev–Trinajstić information content (AvgIpc) is 3.26. The third-order valence-electron chi connectivity index (χ3n) is 5.32. The minimum atomic E-state index is 0.449. The van der Waals surface area contributed by atoms with E-state index in [0.717, 1.165) is 50.9 Å². The summed E-state index contributed by atoms with van der Waals surface area (Å²) in [5.41, 5.74) is 6.21. The summed E-state index contributed by atoms with van der Waals surface area (Å²) in [6, 6.07) is 0. The van der Waals surface area contributed by atoms with Gasteiger partial charge in [0.05, 0.1) is 5.52 Å². The van der Waals surface area contributed by atoms with Gasteiger partial charge in [0.1, 0.15) is 15.9 Å². The van der Waals surface area contributed by atoms with E-state index >= 15 is 0 Å². The molecule has 0 fully saturated rings. The summed E-state index contributed by atoms with van der Waals surface area (Å²) in [5.74, 6) is 1.49. The minimum absolute atomic E-state index is 0.449. The summed E-state index contributed by atoms with van der Waals surface area (Å²) in [6.45, 7) is 6.69. The molecule has 1 aliphatic carbocycles. The first-order chi connectivity index (χ1) is 13.2. The number of pyridine rings is 1. The van der Waals surface area contributed by atoms with Gasteiger partial charge in [-0.05, 0) is 49.1 Å². The highest BCUT2D eigenvalue weighted by molar-refractivity contribution is 7.99. The largest absolute Gasteiger partial charge is 0.259 e. The molecule has 4 aromatic rings. The molecule has 0 unspecified atom stereocenters. The van der Waals surface area contributed by atoms with Crippen LogP contribution in [0.15, 0.2) is 11.5 Å². The highest BCUT2D eigenvalue weighted by Gasteiger charge is 2.24. The Hall–Kier alpha value is -1.73. The molecule has 0 aromatic carbocycles. The zero-order chi connectivity index (χ0) is 18.5. The average molecular weight is 398 g/mol. The summed E-state index contributed by atoms with van der Waals surface area (Å²) in [5, 5.41) is 11.1. The van der Waals surface area contributed by atoms with Crippen molar-refractivity contribution in [3.63, 3.8) is 0 Å². The Morgan fingerprint density at radius 2 is 2.00 bits per heavy atom. The predicted molar refractivity (Wildman–Crippen MR) is 113 cm³/mol. The second-order valence-corrected chi connectivity index (χ2v) is 9.61. The summed E-state index contributed by atoms with van der Waals surface area (Å²) < 4.78 is 3.15. The molecule has 7 heteroatoms. The van der Waals surface area contributed by atoms with Crippen LogP contribution >= 0.6 is 23.1 Å². The molecule has 5 nitrogen and oxygen atoms in total. The number of thioether (sulfide) groups is 1. The third kappa shape index (κ3) is 2.66. The maximum Gasteiger partial charge on any atom is 0.196 e. The van der Waals surface area contributed by atoms with Gasteiger partial charge in [0.2, 0.25) is 0 Å². The number of aromatic nitrogens is 5. The van der Waals surface area contributed by atoms with E-state index in [9.17, 15) is 0 Å². The van der Waals surface area contributed by atoms with Crippen LogP contribution in [0.25, 0.3) is 26.1 Å². The second kappa shape index (κ2) is 6.71. The Kier molecular flexibility index (Phi) is 4.31. The van der Waals surface area contributed by atoms with Gasteiger partial charge in [0, 0.05) is 16.8 Å². The Balaban J connectivity index is 1.81. The van der Waals surface area contributed by atoms with Gasteiger partial charge in [-0.3, -0.25) is 4.40 Å². The lowest BCUT2D eigenvalue weighted by atomic mass is 9.86. The van der Waals surface area contributed by atoms with E-state index in [4.69, 9.17) is 9.97 Å². The first kappa shape index (κ1) is 17.4. The van der Waals surface area contributed by atoms with Gasteiger partial charge in [0.15, 0.2) is 10.8 Å². The molecule has 4 heterocycles. The van der Waals surface area contributed by atoms with Crippen molar-refractivity contribution in [3.8, 4) is 0 Å². The summed E-state index contributed by atoms with van der Waals surface area (Å²) >= 11 is 3.47. The number of hydrogen-bond acceptors (Lipinski definition) is 6. The fraction of sp³-hybridized carbons (Fsp3) is 0.500. The van der Waals surface area contributed by atoms with E-state index in [-0.39, 0.29) is 0 Å². The van der Waals surface area contributed by atoms with Gasteiger partial charge >= 0.3 is 0 Å². The first-order valence-corrected chi connectivity index (χ1v) is 11.6. The molecule has 0 bridgehead atoms. The first-order valence-electron chi connectivity index (χ1n) is 9.79. The highest BCUT2D eigenvalue weighted by Crippen LogP contribution is 2.41. The zero-order valence-electron chi connectivity index (χ0n) is 15.9. The van der Waals surface area contributed by atoms with Crippen molar-refractivity contribution < 1.29 is 0 Å². The predicted octanol–water partition coefficient (Wildman–Crippen LogP) is 5.39. The van der Waals surface area contributed by atoms with Crippen molar-refractivity contribution in [2.45, 2.75) is 63.9 Å². The number of nitrogens with zero attached hydrogens (tertiary/aromatic N) is 5. The number of hydrogen-bond donors (Lipinski definition) is 0. The van der Waals surface area contributed by atoms with E-state index in [1.165, 1.54) is 35.0 Å². The summed E-state index contributed by atoms with van der Waals surface area (Å²) in [7, 11) is 0. The van der Waals surface area contributed by atoms with Gasteiger partial charge in [-0.25, -0.2) is 9.97 Å². The maximum atomic E-state index is 5.10. The molecule has 5 rings (SSSR count). The SMILES string of the molecule is CCCSc1nnc2c3sc4nc(C(C)C)c5c(c4c3ncn12)CCCC5. The molecule has 0 saturated heterocycles. The topological polar surface area (TPSA) is 56.0 Å². The van der Waals surface area contributed by atoms with E-state index in [1.807, 2.05) is 10.7 Å². The van der Waals surface area contributed by atoms with E-state index in [0.29, 0.717) is 5.92 Å². The Morgan fingerprint density at radius 3 is 2.78 bits per heavy atom. The van der Waals surface area contributed by atoms with Crippen molar-refractivity contribution in [2.75, 3.05) is 5.75 Å². The van der Waals surface area contributed by atoms with Crippen LogP contribution in [-0.4, -0.2) is 30.3 Å². The van der Waals surface area contributed by atoms with Crippen LogP contribution in [-0.2, 0) is 12.8 Å². The lowest BCUT2D eigenvalue weighted by Crippen LogP contribution is -2.10. The maximum absolute atomic E-state index is 5.10. The van der Waals surface area contributed by atoms with Crippen molar-refractivity contribution >= 4 is 49.2 Å². The molecular formula is C20H23N5S2. The Bertz CT molecular complexity index is 1160. The number of aryl methyl sites for hydroxylation is 1. The van der Waals surface area contributed by atoms with Crippen LogP contribution in [0.4, 0.5) is 0 Å². The van der Waals surface area contributed by atoms with Crippen LogP contribution in [0.1, 0.15) is 62.8 Å². The van der Waals surface area contributed by atoms with Gasteiger partial charge in [-0.2, -0.15) is 0 Å². The third-order valence-corrected chi connectivity index (χ3v) is 7.54. The fourth-order valence-electron chi connectivity index (χ4n) is 4.10. The van der Waals surface area contributed by atoms with Gasteiger partial charge < -0.3 is 0 Å². The molecule has 0 saturated carbocycles. The number of thiophene rings is 1. The van der Waals surface area contributed by atoms with Crippen LogP contribution < -0.4 is 0 Å². The van der Waals surface area contributed by atoms with Crippen LogP contribution in [0.2, 0.25) is 0 Å². The number of fused-ring (bicyclic) bond motifs is 7. The smallest absolute Gasteiger partial charge is 0.196 e. The highest BCUT2D eigenvalue weighted by atomic mass is 32.2. The lowest BCUT2D eigenvalue weighted by Gasteiger charge is -2.21. The molecule has 0 N–H and O–H groups in total. The quantitative estimate of drug-likeness (QED) is 0.432. The molecule has 140 valence electrons. The van der Waals surface area contributed by atoms with Crippen LogP contribution in [0, 0.1) is 0 Å². The van der Waals surface area contributed by atoms with Crippen molar-refractivity contribution in [2.24, 2.45) is 0 Å². The summed E-state index contributed by atoms with van der Waals surface area (Å²) in [4.78, 5) is 11.1. The van der Waals surface area contributed by atoms with Gasteiger partial charge in [-0.1, -0.05) is 32.5 Å². The van der Waals surface area contributed by atoms with Gasteiger partial charge in [-0.15, -0.1) is 21.5 Å². The molecule has 0 aliphatic heterocycles. The Morgan fingerprint density at radius 1 is 1.19 bits per heavy atom. The van der Waals surface area contributed by atoms with E-state index < -0.39 is 0 Å². The second-order valence-electron chi connectivity index (χ2n) is 7.55. The molecule has 0 amide bonds. The molecule has 0 spiro atoms. The summed E-state index contributed by atoms with van der Waals surface area (Å²) in [6.07, 6.45) is 7.82. The molecule has 0 atom stereocenters. The van der Waals surface area contributed by atoms with E-state index in [1.54, 1.807) is 23.1 Å². The standard InChI is InChI=1S/C20H23N5S2/c1-4-9-26-20-24-23-18-17-16(21-10-25(18)20)14-12-7-5-6-8-13(12)15(11(2)3)22-19(14)27-17/h10-11H,4-9H2,1-3H3. The molecular weight excluding hydrogens is 374 g/mol. The zero-order valence-corrected chi connectivity index (χ0v) is 17.6. The lowest BCUT2D eigenvalue weighted by molar-refractivity contribution is 0.667. The van der Waals surface area contributed by atoms with Crippen molar-refractivity contribution in [1.82, 2.24) is 24.6 Å². The fourth-order valence-corrected chi connectivity index (χ4v) is 6.00.